The molecule has 2 atom stereocenters. The number of carboxylic acid groups (broad SMARTS) is 1. The molecule has 23 heavy (non-hydrogen) atoms. The number of benzene rings is 1. The van der Waals surface area contributed by atoms with Crippen LogP contribution in [0.4, 0.5) is 0 Å². The minimum atomic E-state index is -0.736. The molecular weight excluding hydrogens is 292 g/mol. The number of methoxy groups -OCH3 is 1. The van der Waals surface area contributed by atoms with Crippen molar-refractivity contribution in [3.63, 3.8) is 0 Å². The molecule has 0 aromatic heterocycles. The van der Waals surface area contributed by atoms with E-state index in [2.05, 4.69) is 34.9 Å². The Kier molecular flexibility index (Phi) is 4.87. The second-order valence-electron chi connectivity index (χ2n) is 6.68. The summed E-state index contributed by atoms with van der Waals surface area (Å²) in [5.41, 5.74) is 2.83. The monoisotopic (exact) mass is 318 g/mol. The van der Waals surface area contributed by atoms with Crippen LogP contribution in [0.25, 0.3) is 0 Å². The molecule has 3 rings (SSSR count). The van der Waals surface area contributed by atoms with E-state index < -0.39 is 5.97 Å². The molecule has 0 saturated carbocycles. The minimum absolute atomic E-state index is 0.146. The number of rotatable bonds is 4. The predicted molar refractivity (Wildman–Crippen MR) is 88.9 cm³/mol. The number of nitrogens with zero attached hydrogens (tertiary/aromatic N) is 2. The van der Waals surface area contributed by atoms with Crippen LogP contribution < -0.4 is 4.74 Å². The quantitative estimate of drug-likeness (QED) is 0.922. The summed E-state index contributed by atoms with van der Waals surface area (Å²) in [4.78, 5) is 15.6. The van der Waals surface area contributed by atoms with Gasteiger partial charge in [0.2, 0.25) is 0 Å². The van der Waals surface area contributed by atoms with Gasteiger partial charge in [-0.05, 0) is 49.4 Å². The van der Waals surface area contributed by atoms with E-state index in [-0.39, 0.29) is 12.6 Å². The van der Waals surface area contributed by atoms with E-state index in [1.54, 1.807) is 7.11 Å². The molecule has 0 spiro atoms. The molecule has 1 aromatic rings. The number of aliphatic carboxylic acids is 1. The molecule has 126 valence electrons. The van der Waals surface area contributed by atoms with E-state index in [9.17, 15) is 4.79 Å². The summed E-state index contributed by atoms with van der Waals surface area (Å²) in [6.45, 7) is 4.98. The highest BCUT2D eigenvalue weighted by molar-refractivity contribution is 5.69. The summed E-state index contributed by atoms with van der Waals surface area (Å²) < 4.78 is 5.35. The second-order valence-corrected chi connectivity index (χ2v) is 6.68. The Morgan fingerprint density at radius 3 is 2.91 bits per heavy atom. The van der Waals surface area contributed by atoms with Crippen molar-refractivity contribution in [2.75, 3.05) is 33.3 Å². The summed E-state index contributed by atoms with van der Waals surface area (Å²) in [5, 5.41) is 9.01. The molecule has 0 bridgehead atoms. The second kappa shape index (κ2) is 6.89. The van der Waals surface area contributed by atoms with E-state index in [0.717, 1.165) is 31.8 Å². The van der Waals surface area contributed by atoms with E-state index in [0.29, 0.717) is 6.04 Å². The summed E-state index contributed by atoms with van der Waals surface area (Å²) >= 11 is 0. The number of carbonyl (C=O) groups is 1. The van der Waals surface area contributed by atoms with Gasteiger partial charge in [0.05, 0.1) is 13.7 Å². The maximum absolute atomic E-state index is 11.0. The van der Waals surface area contributed by atoms with E-state index in [1.165, 1.54) is 24.0 Å². The van der Waals surface area contributed by atoms with E-state index in [1.807, 2.05) is 0 Å². The Hall–Kier alpha value is -1.59. The average molecular weight is 318 g/mol. The number of fused-ring (bicyclic) bond motifs is 1. The van der Waals surface area contributed by atoms with Gasteiger partial charge in [0.25, 0.3) is 0 Å². The number of piperazine rings is 1. The van der Waals surface area contributed by atoms with Crippen molar-refractivity contribution >= 4 is 5.97 Å². The lowest BCUT2D eigenvalue weighted by molar-refractivity contribution is -0.139. The number of hydrogen-bond acceptors (Lipinski definition) is 4. The maximum atomic E-state index is 11.0. The van der Waals surface area contributed by atoms with Crippen LogP contribution in [0, 0.1) is 0 Å². The highest BCUT2D eigenvalue weighted by atomic mass is 16.5. The first-order valence-corrected chi connectivity index (χ1v) is 8.45. The molecule has 1 aliphatic heterocycles. The van der Waals surface area contributed by atoms with Crippen molar-refractivity contribution in [2.45, 2.75) is 38.3 Å². The topological polar surface area (TPSA) is 53.0 Å². The van der Waals surface area contributed by atoms with Crippen LogP contribution in [0.15, 0.2) is 18.2 Å². The fourth-order valence-electron chi connectivity index (χ4n) is 3.99. The van der Waals surface area contributed by atoms with Crippen molar-refractivity contribution in [3.8, 4) is 5.75 Å². The van der Waals surface area contributed by atoms with Gasteiger partial charge in [-0.1, -0.05) is 6.07 Å². The molecule has 1 N–H and O–H groups in total. The van der Waals surface area contributed by atoms with Crippen LogP contribution in [0.5, 0.6) is 5.75 Å². The Bertz CT molecular complexity index is 575. The van der Waals surface area contributed by atoms with E-state index in [4.69, 9.17) is 9.84 Å². The lowest BCUT2D eigenvalue weighted by atomic mass is 9.86. The molecule has 1 aromatic carbocycles. The van der Waals surface area contributed by atoms with Gasteiger partial charge >= 0.3 is 5.97 Å². The smallest absolute Gasteiger partial charge is 0.317 e. The largest absolute Gasteiger partial charge is 0.497 e. The first kappa shape index (κ1) is 16.3. The highest BCUT2D eigenvalue weighted by Crippen LogP contribution is 2.36. The molecule has 1 unspecified atom stereocenters. The predicted octanol–water partition coefficient (Wildman–Crippen LogP) is 2.16. The van der Waals surface area contributed by atoms with Gasteiger partial charge in [-0.15, -0.1) is 0 Å². The van der Waals surface area contributed by atoms with Crippen LogP contribution in [-0.2, 0) is 11.2 Å². The fourth-order valence-corrected chi connectivity index (χ4v) is 3.99. The zero-order valence-corrected chi connectivity index (χ0v) is 14.0. The van der Waals surface area contributed by atoms with Crippen LogP contribution >= 0.6 is 0 Å². The van der Waals surface area contributed by atoms with Crippen molar-refractivity contribution in [2.24, 2.45) is 0 Å². The molecule has 0 radical (unpaired) electrons. The van der Waals surface area contributed by atoms with Crippen LogP contribution in [-0.4, -0.2) is 60.2 Å². The van der Waals surface area contributed by atoms with Gasteiger partial charge in [-0.3, -0.25) is 14.6 Å². The van der Waals surface area contributed by atoms with Crippen LogP contribution in [0.3, 0.4) is 0 Å². The van der Waals surface area contributed by atoms with Gasteiger partial charge in [0.15, 0.2) is 0 Å². The molecule has 1 saturated heterocycles. The molecule has 2 aliphatic rings. The first-order chi connectivity index (χ1) is 11.1. The summed E-state index contributed by atoms with van der Waals surface area (Å²) in [7, 11) is 1.71. The van der Waals surface area contributed by atoms with Crippen molar-refractivity contribution < 1.29 is 14.6 Å². The number of aryl methyl sites for hydroxylation is 1. The van der Waals surface area contributed by atoms with Gasteiger partial charge in [0, 0.05) is 31.7 Å². The van der Waals surface area contributed by atoms with Gasteiger partial charge in [-0.2, -0.15) is 0 Å². The van der Waals surface area contributed by atoms with Gasteiger partial charge < -0.3 is 9.84 Å². The molecule has 1 heterocycles. The number of ether oxygens (including phenoxy) is 1. The molecule has 1 fully saturated rings. The van der Waals surface area contributed by atoms with Crippen molar-refractivity contribution in [1.29, 1.82) is 0 Å². The lowest BCUT2D eigenvalue weighted by Gasteiger charge is -2.44. The molecule has 0 amide bonds. The van der Waals surface area contributed by atoms with Crippen LogP contribution in [0.2, 0.25) is 0 Å². The Morgan fingerprint density at radius 1 is 1.39 bits per heavy atom. The Balaban J connectivity index is 1.73. The standard InChI is InChI=1S/C18H26N2O3/c1-13-11-20(9-8-19(13)12-18(21)22)17-5-3-4-14-10-15(23-2)6-7-16(14)17/h6-7,10,13,17H,3-5,8-9,11-12H2,1-2H3,(H,21,22)/t13-,17?/m1/s1. The highest BCUT2D eigenvalue weighted by Gasteiger charge is 2.32. The number of carboxylic acids is 1. The summed E-state index contributed by atoms with van der Waals surface area (Å²) in [5.74, 6) is 0.199. The third-order valence-corrected chi connectivity index (χ3v) is 5.21. The zero-order valence-electron chi connectivity index (χ0n) is 14.0. The van der Waals surface area contributed by atoms with Crippen LogP contribution in [0.1, 0.15) is 36.9 Å². The number of hydrogen-bond donors (Lipinski definition) is 1. The molecule has 1 aliphatic carbocycles. The third kappa shape index (κ3) is 3.51. The Morgan fingerprint density at radius 2 is 2.22 bits per heavy atom. The molecule has 5 heteroatoms. The third-order valence-electron chi connectivity index (χ3n) is 5.21. The average Bonchev–Trinajstić information content (AvgIpc) is 2.55. The van der Waals surface area contributed by atoms with Gasteiger partial charge in [-0.25, -0.2) is 0 Å². The van der Waals surface area contributed by atoms with Crippen molar-refractivity contribution in [1.82, 2.24) is 9.80 Å². The summed E-state index contributed by atoms with van der Waals surface area (Å²) in [6.07, 6.45) is 3.51. The molecular formula is C18H26N2O3. The summed E-state index contributed by atoms with van der Waals surface area (Å²) in [6, 6.07) is 7.18. The SMILES string of the molecule is COc1ccc2c(c1)CCCC2N1CCN(CC(=O)O)[C@H](C)C1. The zero-order chi connectivity index (χ0) is 16.4. The first-order valence-electron chi connectivity index (χ1n) is 8.45. The van der Waals surface area contributed by atoms with E-state index >= 15 is 0 Å². The fraction of sp³-hybridized carbons (Fsp3) is 0.611. The normalized spacial score (nSPS) is 25.8. The molecule has 5 nitrogen and oxygen atoms in total. The van der Waals surface area contributed by atoms with Crippen molar-refractivity contribution in [3.05, 3.63) is 29.3 Å². The Labute approximate surface area is 137 Å². The lowest BCUT2D eigenvalue weighted by Crippen LogP contribution is -2.54. The van der Waals surface area contributed by atoms with Gasteiger partial charge in [0.1, 0.15) is 5.75 Å². The minimum Gasteiger partial charge on any atom is -0.497 e. The maximum Gasteiger partial charge on any atom is 0.317 e.